The summed E-state index contributed by atoms with van der Waals surface area (Å²) in [7, 11) is -4.38. The molecule has 53 heavy (non-hydrogen) atoms. The number of hydrogen-bond acceptors (Lipinski definition) is 8. The van der Waals surface area contributed by atoms with E-state index in [0.717, 1.165) is 57.8 Å². The lowest BCUT2D eigenvalue weighted by atomic mass is 10.0. The molecule has 2 unspecified atom stereocenters. The van der Waals surface area contributed by atoms with E-state index in [-0.39, 0.29) is 38.6 Å². The Labute approximate surface area is 325 Å². The van der Waals surface area contributed by atoms with E-state index in [1.807, 2.05) is 0 Å². The van der Waals surface area contributed by atoms with Crippen LogP contribution in [-0.4, -0.2) is 49.3 Å². The van der Waals surface area contributed by atoms with Gasteiger partial charge in [0.15, 0.2) is 6.10 Å². The molecule has 9 nitrogen and oxygen atoms in total. The van der Waals surface area contributed by atoms with Gasteiger partial charge in [0, 0.05) is 19.4 Å². The molecule has 0 saturated carbocycles. The van der Waals surface area contributed by atoms with Crippen LogP contribution >= 0.6 is 7.82 Å². The van der Waals surface area contributed by atoms with Crippen LogP contribution in [0.1, 0.15) is 206 Å². The predicted molar refractivity (Wildman–Crippen MR) is 220 cm³/mol. The van der Waals surface area contributed by atoms with Crippen LogP contribution in [0.15, 0.2) is 24.3 Å². The fourth-order valence-electron chi connectivity index (χ4n) is 6.08. The molecule has 0 aromatic carbocycles. The maximum atomic E-state index is 12.6. The number of unbranched alkanes of at least 4 members (excludes halogenated alkanes) is 24. The molecular formula is C43H82NO8P. The highest BCUT2D eigenvalue weighted by molar-refractivity contribution is 7.47. The average Bonchev–Trinajstić information content (AvgIpc) is 3.14. The van der Waals surface area contributed by atoms with Gasteiger partial charge in [0.1, 0.15) is 6.61 Å². The van der Waals surface area contributed by atoms with E-state index >= 15 is 0 Å². The normalized spacial score (nSPS) is 13.5. The summed E-state index contributed by atoms with van der Waals surface area (Å²) in [6, 6.07) is 0. The molecule has 0 amide bonds. The molecule has 3 N–H and O–H groups in total. The zero-order valence-electron chi connectivity index (χ0n) is 34.3. The maximum absolute atomic E-state index is 12.6. The lowest BCUT2D eigenvalue weighted by Crippen LogP contribution is -2.29. The molecule has 0 saturated heterocycles. The number of nitrogens with two attached hydrogens (primary N) is 1. The van der Waals surface area contributed by atoms with E-state index in [2.05, 4.69) is 38.2 Å². The van der Waals surface area contributed by atoms with Crippen molar-refractivity contribution in [1.82, 2.24) is 0 Å². The van der Waals surface area contributed by atoms with Crippen molar-refractivity contribution in [1.29, 1.82) is 0 Å². The Morgan fingerprint density at radius 2 is 0.981 bits per heavy atom. The van der Waals surface area contributed by atoms with Crippen LogP contribution in [0.4, 0.5) is 0 Å². The lowest BCUT2D eigenvalue weighted by Gasteiger charge is -2.19. The van der Waals surface area contributed by atoms with E-state index < -0.39 is 26.5 Å². The first-order chi connectivity index (χ1) is 25.8. The summed E-state index contributed by atoms with van der Waals surface area (Å²) in [4.78, 5) is 34.8. The maximum Gasteiger partial charge on any atom is 0.472 e. The predicted octanol–water partition coefficient (Wildman–Crippen LogP) is 12.4. The summed E-state index contributed by atoms with van der Waals surface area (Å²) in [6.45, 7) is 3.71. The molecule has 0 fully saturated rings. The lowest BCUT2D eigenvalue weighted by molar-refractivity contribution is -0.161. The van der Waals surface area contributed by atoms with Crippen LogP contribution in [0.5, 0.6) is 0 Å². The van der Waals surface area contributed by atoms with Gasteiger partial charge in [0.05, 0.1) is 13.2 Å². The Bertz CT molecular complexity index is 928. The summed E-state index contributed by atoms with van der Waals surface area (Å²) in [5, 5.41) is 0. The third-order valence-electron chi connectivity index (χ3n) is 9.34. The van der Waals surface area contributed by atoms with Crippen LogP contribution in [0.3, 0.4) is 0 Å². The number of esters is 2. The number of ether oxygens (including phenoxy) is 2. The van der Waals surface area contributed by atoms with Crippen molar-refractivity contribution in [3.8, 4) is 0 Å². The van der Waals surface area contributed by atoms with Gasteiger partial charge in [-0.25, -0.2) is 4.57 Å². The van der Waals surface area contributed by atoms with Gasteiger partial charge in [-0.2, -0.15) is 0 Å². The fourth-order valence-corrected chi connectivity index (χ4v) is 6.84. The van der Waals surface area contributed by atoms with E-state index in [1.165, 1.54) is 116 Å². The summed E-state index contributed by atoms with van der Waals surface area (Å²) in [5.74, 6) is -0.837. The van der Waals surface area contributed by atoms with Crippen LogP contribution in [0, 0.1) is 0 Å². The largest absolute Gasteiger partial charge is 0.472 e. The Morgan fingerprint density at radius 1 is 0.566 bits per heavy atom. The summed E-state index contributed by atoms with van der Waals surface area (Å²) in [5.41, 5.74) is 5.34. The van der Waals surface area contributed by atoms with Gasteiger partial charge in [-0.05, 0) is 44.9 Å². The first-order valence-electron chi connectivity index (χ1n) is 21.8. The smallest absolute Gasteiger partial charge is 0.462 e. The number of phosphoric acid groups is 1. The molecule has 0 aliphatic carbocycles. The summed E-state index contributed by atoms with van der Waals surface area (Å²) >= 11 is 0. The van der Waals surface area contributed by atoms with Gasteiger partial charge < -0.3 is 20.1 Å². The minimum absolute atomic E-state index is 0.0525. The van der Waals surface area contributed by atoms with Crippen molar-refractivity contribution in [2.75, 3.05) is 26.4 Å². The minimum Gasteiger partial charge on any atom is -0.462 e. The number of phosphoric ester groups is 1. The molecule has 0 aromatic heterocycles. The van der Waals surface area contributed by atoms with Crippen molar-refractivity contribution in [3.63, 3.8) is 0 Å². The van der Waals surface area contributed by atoms with E-state index in [1.54, 1.807) is 0 Å². The molecule has 0 aliphatic heterocycles. The molecule has 0 radical (unpaired) electrons. The Hall–Kier alpha value is -1.51. The van der Waals surface area contributed by atoms with Crippen molar-refractivity contribution >= 4 is 19.8 Å². The molecule has 0 bridgehead atoms. The molecule has 0 aliphatic rings. The molecule has 10 heteroatoms. The third-order valence-corrected chi connectivity index (χ3v) is 10.3. The molecule has 0 spiro atoms. The first-order valence-corrected chi connectivity index (χ1v) is 23.3. The summed E-state index contributed by atoms with van der Waals surface area (Å²) in [6.07, 6.45) is 42.0. The van der Waals surface area contributed by atoms with E-state index in [9.17, 15) is 19.0 Å². The van der Waals surface area contributed by atoms with Crippen LogP contribution in [0.2, 0.25) is 0 Å². The zero-order chi connectivity index (χ0) is 38.9. The number of rotatable bonds is 41. The second kappa shape index (κ2) is 40.2. The van der Waals surface area contributed by atoms with Gasteiger partial charge in [-0.1, -0.05) is 173 Å². The average molecular weight is 772 g/mol. The Kier molecular flexibility index (Phi) is 39.0. The number of carbonyl (C=O) groups is 2. The zero-order valence-corrected chi connectivity index (χ0v) is 35.2. The third kappa shape index (κ3) is 40.0. The SMILES string of the molecule is CCCCC/C=C\C/C=C\CCCCCCCC(=O)OC(COC(=O)CCCCCCCCCCCCCCCCCCC)COP(=O)(O)OCCN. The molecular weight excluding hydrogens is 689 g/mol. The molecule has 0 heterocycles. The molecule has 312 valence electrons. The molecule has 0 rings (SSSR count). The second-order valence-electron chi connectivity index (χ2n) is 14.6. The highest BCUT2D eigenvalue weighted by atomic mass is 31.2. The number of allylic oxidation sites excluding steroid dienone is 4. The van der Waals surface area contributed by atoms with Gasteiger partial charge >= 0.3 is 19.8 Å². The molecule has 2 atom stereocenters. The van der Waals surface area contributed by atoms with Gasteiger partial charge in [-0.3, -0.25) is 18.6 Å². The van der Waals surface area contributed by atoms with Gasteiger partial charge in [-0.15, -0.1) is 0 Å². The first kappa shape index (κ1) is 51.5. The second-order valence-corrected chi connectivity index (χ2v) is 16.0. The van der Waals surface area contributed by atoms with Crippen molar-refractivity contribution in [2.24, 2.45) is 5.73 Å². The quantitative estimate of drug-likeness (QED) is 0.0269. The highest BCUT2D eigenvalue weighted by Gasteiger charge is 2.26. The van der Waals surface area contributed by atoms with Crippen molar-refractivity contribution in [2.45, 2.75) is 213 Å². The van der Waals surface area contributed by atoms with Crippen LogP contribution < -0.4 is 5.73 Å². The molecule has 0 aromatic rings. The number of hydrogen-bond donors (Lipinski definition) is 2. The Balaban J connectivity index is 4.14. The van der Waals surface area contributed by atoms with Crippen molar-refractivity contribution < 1.29 is 37.6 Å². The minimum atomic E-state index is -4.38. The van der Waals surface area contributed by atoms with E-state index in [4.69, 9.17) is 24.3 Å². The van der Waals surface area contributed by atoms with E-state index in [0.29, 0.717) is 6.42 Å². The van der Waals surface area contributed by atoms with Crippen LogP contribution in [0.25, 0.3) is 0 Å². The van der Waals surface area contributed by atoms with Gasteiger partial charge in [0.2, 0.25) is 0 Å². The fraction of sp³-hybridized carbons (Fsp3) is 0.860. The highest BCUT2D eigenvalue weighted by Crippen LogP contribution is 2.43. The van der Waals surface area contributed by atoms with Crippen LogP contribution in [-0.2, 0) is 32.7 Å². The standard InChI is InChI=1S/C43H82NO8P/c1-3-5-7-9-11-13-15-17-19-20-22-23-25-27-29-31-33-35-42(45)49-39-41(40-51-53(47,48)50-38-37-44)52-43(46)36-34-32-30-28-26-24-21-18-16-14-12-10-8-6-4-2/h12,14,18,21,41H,3-11,13,15-17,19-20,22-40,44H2,1-2H3,(H,47,48)/b14-12-,21-18-. The van der Waals surface area contributed by atoms with Crippen molar-refractivity contribution in [3.05, 3.63) is 24.3 Å². The monoisotopic (exact) mass is 772 g/mol. The topological polar surface area (TPSA) is 134 Å². The van der Waals surface area contributed by atoms with Gasteiger partial charge in [0.25, 0.3) is 0 Å². The summed E-state index contributed by atoms with van der Waals surface area (Å²) < 4.78 is 32.8. The number of carbonyl (C=O) groups excluding carboxylic acids is 2. The Morgan fingerprint density at radius 3 is 1.47 bits per heavy atom.